The van der Waals surface area contributed by atoms with Crippen molar-refractivity contribution < 1.29 is 4.79 Å². The molecule has 1 atom stereocenters. The van der Waals surface area contributed by atoms with E-state index in [0.29, 0.717) is 0 Å². The van der Waals surface area contributed by atoms with Crippen molar-refractivity contribution in [1.29, 1.82) is 0 Å². The fraction of sp³-hybridized carbons (Fsp3) is 0.533. The van der Waals surface area contributed by atoms with E-state index in [1.807, 2.05) is 0 Å². The Hall–Kier alpha value is -1.31. The summed E-state index contributed by atoms with van der Waals surface area (Å²) in [7, 11) is 0. The molecule has 0 aliphatic heterocycles. The molecule has 1 amide bonds. The van der Waals surface area contributed by atoms with Gasteiger partial charge in [0.15, 0.2) is 0 Å². The van der Waals surface area contributed by atoms with Crippen LogP contribution in [0.2, 0.25) is 0 Å². The van der Waals surface area contributed by atoms with Crippen molar-refractivity contribution in [1.82, 2.24) is 5.32 Å². The van der Waals surface area contributed by atoms with Crippen molar-refractivity contribution in [3.8, 4) is 0 Å². The van der Waals surface area contributed by atoms with Crippen molar-refractivity contribution in [3.05, 3.63) is 35.4 Å². The highest BCUT2D eigenvalue weighted by Crippen LogP contribution is 2.25. The molecule has 1 fully saturated rings. The first-order valence-electron chi connectivity index (χ1n) is 6.54. The Morgan fingerprint density at radius 3 is 2.41 bits per heavy atom. The van der Waals surface area contributed by atoms with Crippen LogP contribution in [-0.4, -0.2) is 5.91 Å². The predicted octanol–water partition coefficient (Wildman–Crippen LogP) is 3.36. The molecule has 17 heavy (non-hydrogen) atoms. The number of carbonyl (C=O) groups excluding carboxylic acids is 1. The Morgan fingerprint density at radius 2 is 1.82 bits per heavy atom. The van der Waals surface area contributed by atoms with Crippen LogP contribution >= 0.6 is 0 Å². The molecule has 0 unspecified atom stereocenters. The molecule has 1 aromatic carbocycles. The quantitative estimate of drug-likeness (QED) is 0.849. The fourth-order valence-electron chi connectivity index (χ4n) is 2.46. The Bertz CT molecular complexity index is 376. The minimum atomic E-state index is 0.115. The molecule has 2 heteroatoms. The van der Waals surface area contributed by atoms with Crippen LogP contribution in [-0.2, 0) is 4.79 Å². The Labute approximate surface area is 103 Å². The van der Waals surface area contributed by atoms with Gasteiger partial charge in [-0.15, -0.1) is 0 Å². The zero-order chi connectivity index (χ0) is 12.3. The van der Waals surface area contributed by atoms with Crippen LogP contribution in [0.3, 0.4) is 0 Å². The number of hydrogen-bond donors (Lipinski definition) is 1. The van der Waals surface area contributed by atoms with Crippen molar-refractivity contribution in [2.45, 2.75) is 45.6 Å². The standard InChI is InChI=1S/C15H21NO/c1-11-7-9-13(10-8-11)12(2)16-15(17)14-5-3-4-6-14/h7-10,12,14H,3-6H2,1-2H3,(H,16,17)/t12-/m1/s1. The summed E-state index contributed by atoms with van der Waals surface area (Å²) >= 11 is 0. The molecule has 0 saturated heterocycles. The smallest absolute Gasteiger partial charge is 0.223 e. The zero-order valence-electron chi connectivity index (χ0n) is 10.7. The van der Waals surface area contributed by atoms with Crippen LogP contribution in [0, 0.1) is 12.8 Å². The van der Waals surface area contributed by atoms with Crippen molar-refractivity contribution in [2.24, 2.45) is 5.92 Å². The maximum Gasteiger partial charge on any atom is 0.223 e. The normalized spacial score (nSPS) is 18.0. The topological polar surface area (TPSA) is 29.1 Å². The van der Waals surface area contributed by atoms with Gasteiger partial charge in [0.1, 0.15) is 0 Å². The first-order chi connectivity index (χ1) is 8.16. The van der Waals surface area contributed by atoms with E-state index in [1.165, 1.54) is 24.0 Å². The second-order valence-corrected chi connectivity index (χ2v) is 5.12. The van der Waals surface area contributed by atoms with Gasteiger partial charge in [0.05, 0.1) is 6.04 Å². The minimum absolute atomic E-state index is 0.115. The molecule has 1 aliphatic rings. The third-order valence-corrected chi connectivity index (χ3v) is 3.66. The summed E-state index contributed by atoms with van der Waals surface area (Å²) in [5, 5.41) is 3.12. The fourth-order valence-corrected chi connectivity index (χ4v) is 2.46. The molecule has 0 aromatic heterocycles. The molecule has 2 rings (SSSR count). The second kappa shape index (κ2) is 5.35. The van der Waals surface area contributed by atoms with Gasteiger partial charge >= 0.3 is 0 Å². The molecular formula is C15H21NO. The van der Waals surface area contributed by atoms with Crippen LogP contribution in [0.15, 0.2) is 24.3 Å². The number of hydrogen-bond acceptors (Lipinski definition) is 1. The Kier molecular flexibility index (Phi) is 3.82. The van der Waals surface area contributed by atoms with E-state index in [4.69, 9.17) is 0 Å². The molecule has 0 bridgehead atoms. The zero-order valence-corrected chi connectivity index (χ0v) is 10.7. The number of aryl methyl sites for hydroxylation is 1. The van der Waals surface area contributed by atoms with Crippen LogP contribution in [0.5, 0.6) is 0 Å². The predicted molar refractivity (Wildman–Crippen MR) is 69.7 cm³/mol. The largest absolute Gasteiger partial charge is 0.349 e. The molecule has 1 saturated carbocycles. The SMILES string of the molecule is Cc1ccc([C@@H](C)NC(=O)C2CCCC2)cc1. The van der Waals surface area contributed by atoms with Gasteiger partial charge in [0.2, 0.25) is 5.91 Å². The van der Waals surface area contributed by atoms with E-state index < -0.39 is 0 Å². The van der Waals surface area contributed by atoms with Crippen LogP contribution in [0.25, 0.3) is 0 Å². The first kappa shape index (κ1) is 12.2. The first-order valence-corrected chi connectivity index (χ1v) is 6.54. The van der Waals surface area contributed by atoms with E-state index in [2.05, 4.69) is 43.4 Å². The number of amides is 1. The summed E-state index contributed by atoms with van der Waals surface area (Å²) in [6.45, 7) is 4.13. The highest BCUT2D eigenvalue weighted by molar-refractivity contribution is 5.79. The lowest BCUT2D eigenvalue weighted by molar-refractivity contribution is -0.125. The third kappa shape index (κ3) is 3.09. The van der Waals surface area contributed by atoms with Crippen molar-refractivity contribution in [2.75, 3.05) is 0 Å². The van der Waals surface area contributed by atoms with Crippen molar-refractivity contribution >= 4 is 5.91 Å². The number of nitrogens with one attached hydrogen (secondary N) is 1. The number of benzene rings is 1. The average Bonchev–Trinajstić information content (AvgIpc) is 2.83. The Morgan fingerprint density at radius 1 is 1.24 bits per heavy atom. The van der Waals surface area contributed by atoms with E-state index in [1.54, 1.807) is 0 Å². The lowest BCUT2D eigenvalue weighted by Gasteiger charge is -2.17. The summed E-state index contributed by atoms with van der Waals surface area (Å²) < 4.78 is 0. The molecule has 1 aromatic rings. The van der Waals surface area contributed by atoms with Gasteiger partial charge in [-0.05, 0) is 32.3 Å². The van der Waals surface area contributed by atoms with Gasteiger partial charge in [-0.3, -0.25) is 4.79 Å². The molecule has 1 aliphatic carbocycles. The Balaban J connectivity index is 1.93. The van der Waals surface area contributed by atoms with Gasteiger partial charge in [-0.2, -0.15) is 0 Å². The maximum atomic E-state index is 12.0. The molecule has 0 radical (unpaired) electrons. The van der Waals surface area contributed by atoms with E-state index in [9.17, 15) is 4.79 Å². The number of rotatable bonds is 3. The molecule has 1 N–H and O–H groups in total. The lowest BCUT2D eigenvalue weighted by atomic mass is 10.0. The van der Waals surface area contributed by atoms with Gasteiger partial charge in [-0.1, -0.05) is 42.7 Å². The van der Waals surface area contributed by atoms with E-state index in [0.717, 1.165) is 12.8 Å². The summed E-state index contributed by atoms with van der Waals surface area (Å²) in [6, 6.07) is 8.48. The second-order valence-electron chi connectivity index (χ2n) is 5.12. The monoisotopic (exact) mass is 231 g/mol. The molecule has 0 heterocycles. The highest BCUT2D eigenvalue weighted by atomic mass is 16.1. The van der Waals surface area contributed by atoms with Crippen LogP contribution in [0.1, 0.15) is 49.8 Å². The number of carbonyl (C=O) groups is 1. The summed E-state index contributed by atoms with van der Waals surface area (Å²) in [5.41, 5.74) is 2.44. The molecule has 0 spiro atoms. The maximum absolute atomic E-state index is 12.0. The van der Waals surface area contributed by atoms with E-state index in [-0.39, 0.29) is 17.9 Å². The van der Waals surface area contributed by atoms with Gasteiger partial charge in [-0.25, -0.2) is 0 Å². The minimum Gasteiger partial charge on any atom is -0.349 e. The summed E-state index contributed by atoms with van der Waals surface area (Å²) in [5.74, 6) is 0.485. The van der Waals surface area contributed by atoms with E-state index >= 15 is 0 Å². The third-order valence-electron chi connectivity index (χ3n) is 3.66. The molecular weight excluding hydrogens is 210 g/mol. The van der Waals surface area contributed by atoms with Gasteiger partial charge in [0, 0.05) is 5.92 Å². The van der Waals surface area contributed by atoms with Crippen molar-refractivity contribution in [3.63, 3.8) is 0 Å². The summed E-state index contributed by atoms with van der Waals surface area (Å²) in [6.07, 6.45) is 4.53. The summed E-state index contributed by atoms with van der Waals surface area (Å²) in [4.78, 5) is 12.0. The lowest BCUT2D eigenvalue weighted by Crippen LogP contribution is -2.31. The van der Waals surface area contributed by atoms with Crippen LogP contribution in [0.4, 0.5) is 0 Å². The molecule has 2 nitrogen and oxygen atoms in total. The van der Waals surface area contributed by atoms with Gasteiger partial charge in [0.25, 0.3) is 0 Å². The highest BCUT2D eigenvalue weighted by Gasteiger charge is 2.23. The van der Waals surface area contributed by atoms with Crippen LogP contribution < -0.4 is 5.32 Å². The molecule has 92 valence electrons. The van der Waals surface area contributed by atoms with Gasteiger partial charge < -0.3 is 5.32 Å². The average molecular weight is 231 g/mol.